The number of nitro groups is 1. The van der Waals surface area contributed by atoms with Crippen LogP contribution in [0.5, 0.6) is 0 Å². The maximum Gasteiger partial charge on any atom is 0.274 e. The number of amides is 1. The predicted octanol–water partition coefficient (Wildman–Crippen LogP) is 1.71. The third kappa shape index (κ3) is 2.93. The SMILES string of the molecule is Cc1c(Br)cc(C(=O)N2CCNCC2)cc1[N+](=O)[O-]. The fourth-order valence-corrected chi connectivity index (χ4v) is 2.48. The Balaban J connectivity index is 2.34. The highest BCUT2D eigenvalue weighted by Gasteiger charge is 2.22. The molecule has 0 bridgehead atoms. The van der Waals surface area contributed by atoms with Gasteiger partial charge in [0.15, 0.2) is 0 Å². The van der Waals surface area contributed by atoms with E-state index in [1.807, 2.05) is 0 Å². The number of carbonyl (C=O) groups excluding carboxylic acids is 1. The lowest BCUT2D eigenvalue weighted by Crippen LogP contribution is -2.46. The van der Waals surface area contributed by atoms with Gasteiger partial charge in [-0.15, -0.1) is 0 Å². The highest BCUT2D eigenvalue weighted by atomic mass is 79.9. The molecule has 1 N–H and O–H groups in total. The smallest absolute Gasteiger partial charge is 0.274 e. The second-order valence-corrected chi connectivity index (χ2v) is 5.26. The molecule has 19 heavy (non-hydrogen) atoms. The average molecular weight is 328 g/mol. The number of halogens is 1. The number of hydrogen-bond donors (Lipinski definition) is 1. The molecule has 1 aromatic carbocycles. The average Bonchev–Trinajstić information content (AvgIpc) is 2.41. The molecule has 1 heterocycles. The van der Waals surface area contributed by atoms with Crippen LogP contribution < -0.4 is 5.32 Å². The summed E-state index contributed by atoms with van der Waals surface area (Å²) < 4.78 is 0.584. The Morgan fingerprint density at radius 1 is 1.42 bits per heavy atom. The molecule has 0 radical (unpaired) electrons. The number of rotatable bonds is 2. The van der Waals surface area contributed by atoms with Gasteiger partial charge in [0.25, 0.3) is 11.6 Å². The summed E-state index contributed by atoms with van der Waals surface area (Å²) >= 11 is 3.27. The molecule has 1 saturated heterocycles. The summed E-state index contributed by atoms with van der Waals surface area (Å²) in [5.41, 5.74) is 0.848. The van der Waals surface area contributed by atoms with Crippen molar-refractivity contribution in [3.05, 3.63) is 37.8 Å². The minimum atomic E-state index is -0.464. The number of hydrogen-bond acceptors (Lipinski definition) is 4. The molecule has 2 rings (SSSR count). The second kappa shape index (κ2) is 5.66. The highest BCUT2D eigenvalue weighted by Crippen LogP contribution is 2.28. The minimum Gasteiger partial charge on any atom is -0.336 e. The van der Waals surface area contributed by atoms with Gasteiger partial charge in [-0.1, -0.05) is 15.9 Å². The van der Waals surface area contributed by atoms with E-state index in [9.17, 15) is 14.9 Å². The van der Waals surface area contributed by atoms with Crippen LogP contribution in [0.4, 0.5) is 5.69 Å². The Morgan fingerprint density at radius 3 is 2.63 bits per heavy atom. The molecule has 6 nitrogen and oxygen atoms in total. The zero-order chi connectivity index (χ0) is 14.0. The van der Waals surface area contributed by atoms with Crippen molar-refractivity contribution < 1.29 is 9.72 Å². The Bertz CT molecular complexity index is 527. The largest absolute Gasteiger partial charge is 0.336 e. The maximum atomic E-state index is 12.3. The van der Waals surface area contributed by atoms with Gasteiger partial charge in [-0.2, -0.15) is 0 Å². The molecule has 0 unspecified atom stereocenters. The van der Waals surface area contributed by atoms with Crippen molar-refractivity contribution in [2.24, 2.45) is 0 Å². The fourth-order valence-electron chi connectivity index (χ4n) is 2.03. The van der Waals surface area contributed by atoms with Gasteiger partial charge in [0, 0.05) is 47.8 Å². The number of benzene rings is 1. The Kier molecular flexibility index (Phi) is 4.16. The van der Waals surface area contributed by atoms with Crippen molar-refractivity contribution in [3.8, 4) is 0 Å². The topological polar surface area (TPSA) is 75.5 Å². The van der Waals surface area contributed by atoms with E-state index in [0.29, 0.717) is 28.7 Å². The van der Waals surface area contributed by atoms with E-state index >= 15 is 0 Å². The lowest BCUT2D eigenvalue weighted by Gasteiger charge is -2.27. The first-order chi connectivity index (χ1) is 9.00. The van der Waals surface area contributed by atoms with E-state index in [1.54, 1.807) is 17.9 Å². The molecule has 1 amide bonds. The van der Waals surface area contributed by atoms with Crippen LogP contribution in [-0.2, 0) is 0 Å². The van der Waals surface area contributed by atoms with E-state index < -0.39 is 4.92 Å². The van der Waals surface area contributed by atoms with Crippen molar-refractivity contribution >= 4 is 27.5 Å². The second-order valence-electron chi connectivity index (χ2n) is 4.40. The summed E-state index contributed by atoms with van der Waals surface area (Å²) in [5.74, 6) is -0.162. The van der Waals surface area contributed by atoms with Crippen LogP contribution in [0.15, 0.2) is 16.6 Å². The van der Waals surface area contributed by atoms with Gasteiger partial charge < -0.3 is 10.2 Å². The molecular weight excluding hydrogens is 314 g/mol. The lowest BCUT2D eigenvalue weighted by atomic mass is 10.1. The van der Waals surface area contributed by atoms with E-state index in [0.717, 1.165) is 13.1 Å². The zero-order valence-corrected chi connectivity index (χ0v) is 12.1. The molecule has 0 aliphatic carbocycles. The molecule has 1 aliphatic rings. The normalized spacial score (nSPS) is 15.4. The van der Waals surface area contributed by atoms with Crippen molar-refractivity contribution in [3.63, 3.8) is 0 Å². The first kappa shape index (κ1) is 14.0. The summed E-state index contributed by atoms with van der Waals surface area (Å²) in [5, 5.41) is 14.1. The first-order valence-corrected chi connectivity index (χ1v) is 6.74. The van der Waals surface area contributed by atoms with Gasteiger partial charge >= 0.3 is 0 Å². The molecular formula is C12H14BrN3O3. The van der Waals surface area contributed by atoms with Crippen LogP contribution in [0.25, 0.3) is 0 Å². The summed E-state index contributed by atoms with van der Waals surface area (Å²) in [7, 11) is 0. The van der Waals surface area contributed by atoms with Crippen LogP contribution in [-0.4, -0.2) is 41.9 Å². The van der Waals surface area contributed by atoms with Crippen LogP contribution in [0.2, 0.25) is 0 Å². The van der Waals surface area contributed by atoms with Gasteiger partial charge in [-0.05, 0) is 13.0 Å². The molecule has 0 atom stereocenters. The van der Waals surface area contributed by atoms with Crippen molar-refractivity contribution in [1.29, 1.82) is 0 Å². The third-order valence-corrected chi connectivity index (χ3v) is 3.99. The quantitative estimate of drug-likeness (QED) is 0.662. The van der Waals surface area contributed by atoms with Crippen LogP contribution in [0.1, 0.15) is 15.9 Å². The first-order valence-electron chi connectivity index (χ1n) is 5.95. The number of nitrogens with zero attached hydrogens (tertiary/aromatic N) is 2. The maximum absolute atomic E-state index is 12.3. The number of nitro benzene ring substituents is 1. The molecule has 1 fully saturated rings. The molecule has 0 spiro atoms. The van der Waals surface area contributed by atoms with Crippen LogP contribution in [0, 0.1) is 17.0 Å². The van der Waals surface area contributed by atoms with Crippen LogP contribution in [0.3, 0.4) is 0 Å². The molecule has 7 heteroatoms. The summed E-state index contributed by atoms with van der Waals surface area (Å²) in [4.78, 5) is 24.5. The fraction of sp³-hybridized carbons (Fsp3) is 0.417. The summed E-state index contributed by atoms with van der Waals surface area (Å²) in [6.45, 7) is 4.40. The minimum absolute atomic E-state index is 0.0344. The van der Waals surface area contributed by atoms with Gasteiger partial charge in [0.2, 0.25) is 0 Å². The van der Waals surface area contributed by atoms with Gasteiger partial charge in [-0.3, -0.25) is 14.9 Å². The summed E-state index contributed by atoms with van der Waals surface area (Å²) in [6, 6.07) is 3.00. The zero-order valence-electron chi connectivity index (χ0n) is 10.5. The molecule has 1 aliphatic heterocycles. The standard InChI is InChI=1S/C12H14BrN3O3/c1-8-10(13)6-9(7-11(8)16(18)19)12(17)15-4-2-14-3-5-15/h6-7,14H,2-5H2,1H3. The monoisotopic (exact) mass is 327 g/mol. The molecule has 102 valence electrons. The van der Waals surface area contributed by atoms with E-state index in [-0.39, 0.29) is 11.6 Å². The number of piperazine rings is 1. The number of carbonyl (C=O) groups is 1. The van der Waals surface area contributed by atoms with E-state index in [1.165, 1.54) is 6.07 Å². The van der Waals surface area contributed by atoms with Crippen molar-refractivity contribution in [2.45, 2.75) is 6.92 Å². The van der Waals surface area contributed by atoms with Crippen molar-refractivity contribution in [2.75, 3.05) is 26.2 Å². The number of nitrogens with one attached hydrogen (secondary N) is 1. The third-order valence-electron chi connectivity index (χ3n) is 3.16. The van der Waals surface area contributed by atoms with Crippen LogP contribution >= 0.6 is 15.9 Å². The van der Waals surface area contributed by atoms with Gasteiger partial charge in [0.05, 0.1) is 4.92 Å². The van der Waals surface area contributed by atoms with Crippen molar-refractivity contribution in [1.82, 2.24) is 10.2 Å². The Labute approximate surface area is 119 Å². The van der Waals surface area contributed by atoms with Gasteiger partial charge in [-0.25, -0.2) is 0 Å². The predicted molar refractivity (Wildman–Crippen MR) is 74.3 cm³/mol. The Morgan fingerprint density at radius 2 is 2.05 bits per heavy atom. The lowest BCUT2D eigenvalue weighted by molar-refractivity contribution is -0.385. The molecule has 1 aromatic rings. The van der Waals surface area contributed by atoms with Gasteiger partial charge in [0.1, 0.15) is 0 Å². The summed E-state index contributed by atoms with van der Waals surface area (Å²) in [6.07, 6.45) is 0. The highest BCUT2D eigenvalue weighted by molar-refractivity contribution is 9.10. The van der Waals surface area contributed by atoms with E-state index in [4.69, 9.17) is 0 Å². The molecule has 0 aromatic heterocycles. The Hall–Kier alpha value is -1.47. The van der Waals surface area contributed by atoms with E-state index in [2.05, 4.69) is 21.2 Å². The molecule has 0 saturated carbocycles.